The Balaban J connectivity index is -0.00000110. The van der Waals surface area contributed by atoms with Gasteiger partial charge >= 0.3 is 72.4 Å². The maximum atomic E-state index is 11.7. The second-order valence-electron chi connectivity index (χ2n) is 4.54. The first-order valence-corrected chi connectivity index (χ1v) is 7.70. The summed E-state index contributed by atoms with van der Waals surface area (Å²) in [5.74, 6) is 0. The molecule has 0 aromatic carbocycles. The van der Waals surface area contributed by atoms with Crippen molar-refractivity contribution in [1.29, 1.82) is 0 Å². The summed E-state index contributed by atoms with van der Waals surface area (Å²) in [6, 6.07) is 0. The number of hydrogen-bond donors (Lipinski definition) is 3. The van der Waals surface area contributed by atoms with Gasteiger partial charge in [-0.25, -0.2) is 4.79 Å². The Morgan fingerprint density at radius 3 is 2.68 bits per heavy atom. The predicted octanol–water partition coefficient (Wildman–Crippen LogP) is -6.14. The van der Waals surface area contributed by atoms with E-state index in [1.165, 1.54) is 10.8 Å². The first-order valence-electron chi connectivity index (χ1n) is 5.90. The molecule has 3 N–H and O–H groups in total. The monoisotopic (exact) mass is 354 g/mol. The van der Waals surface area contributed by atoms with Crippen LogP contribution in [0.15, 0.2) is 15.8 Å². The quantitative estimate of drug-likeness (QED) is 0.362. The second kappa shape index (κ2) is 9.29. The Kier molecular flexibility index (Phi) is 9.61. The number of hydrogen-bond acceptors (Lipinski definition) is 5. The number of nitrogens with zero attached hydrogens (tertiary/aromatic N) is 1. The fraction of sp³-hybridized carbons (Fsp3) is 0.600. The third-order valence-corrected chi connectivity index (χ3v) is 3.33. The summed E-state index contributed by atoms with van der Waals surface area (Å²) in [7, 11) is -4.25. The molecule has 2 rings (SSSR count). The molecule has 1 aromatic rings. The van der Waals surface area contributed by atoms with E-state index in [0.29, 0.717) is 18.4 Å². The molecule has 0 amide bonds. The van der Waals surface area contributed by atoms with Crippen LogP contribution in [0.5, 0.6) is 0 Å². The van der Waals surface area contributed by atoms with Gasteiger partial charge < -0.3 is 22.1 Å². The van der Waals surface area contributed by atoms with Crippen molar-refractivity contribution in [2.45, 2.75) is 32.3 Å². The van der Waals surface area contributed by atoms with Crippen molar-refractivity contribution >= 4 is 7.60 Å². The SMILES string of the molecule is Cc1cn(C2CCC(OCP(=O)(O)O)O2)c(=O)[nH]c1=O.[H-].[H-].[Na+].[Na+]. The van der Waals surface area contributed by atoms with Crippen LogP contribution in [0.1, 0.15) is 27.5 Å². The molecule has 1 aliphatic rings. The van der Waals surface area contributed by atoms with Gasteiger partial charge in [-0.05, 0) is 13.3 Å². The molecule has 0 radical (unpaired) electrons. The molecule has 2 unspecified atom stereocenters. The van der Waals surface area contributed by atoms with Crippen molar-refractivity contribution in [3.63, 3.8) is 0 Å². The summed E-state index contributed by atoms with van der Waals surface area (Å²) >= 11 is 0. The minimum Gasteiger partial charge on any atom is -1.00 e. The molecule has 0 saturated carbocycles. The van der Waals surface area contributed by atoms with Gasteiger partial charge in [-0.3, -0.25) is 18.9 Å². The number of aromatic nitrogens is 2. The van der Waals surface area contributed by atoms with Gasteiger partial charge in [-0.15, -0.1) is 0 Å². The van der Waals surface area contributed by atoms with Crippen LogP contribution in [0.25, 0.3) is 0 Å². The molecule has 22 heavy (non-hydrogen) atoms. The van der Waals surface area contributed by atoms with E-state index in [1.54, 1.807) is 6.92 Å². The average molecular weight is 354 g/mol. The number of aromatic amines is 1. The Bertz CT molecular complexity index is 665. The second-order valence-corrected chi connectivity index (χ2v) is 6.12. The van der Waals surface area contributed by atoms with E-state index < -0.39 is 37.7 Å². The molecule has 0 bridgehead atoms. The standard InChI is InChI=1S/C10H15N2O7P.2Na.2H/c1-6-4-12(10(14)11-9(6)13)7-2-3-8(19-7)18-5-20(15,16)17;;;;/h4,7-8H,2-3,5H2,1H3,(H,11,13,14)(H2,15,16,17);;;;/q;2*+1;2*-1. The van der Waals surface area contributed by atoms with Gasteiger partial charge in [0.25, 0.3) is 5.56 Å². The van der Waals surface area contributed by atoms with E-state index >= 15 is 0 Å². The molecule has 1 saturated heterocycles. The van der Waals surface area contributed by atoms with Crippen LogP contribution in [0.2, 0.25) is 0 Å². The summed E-state index contributed by atoms with van der Waals surface area (Å²) in [4.78, 5) is 42.5. The van der Waals surface area contributed by atoms with Gasteiger partial charge in [-0.2, -0.15) is 0 Å². The molecule has 1 fully saturated rings. The average Bonchev–Trinajstić information content (AvgIpc) is 2.79. The summed E-state index contributed by atoms with van der Waals surface area (Å²) < 4.78 is 22.3. The van der Waals surface area contributed by atoms with E-state index in [2.05, 4.69) is 4.98 Å². The van der Waals surface area contributed by atoms with Crippen LogP contribution in [-0.2, 0) is 14.0 Å². The zero-order chi connectivity index (χ0) is 14.9. The minimum absolute atomic E-state index is 0. The first-order chi connectivity index (χ1) is 9.26. The molecule has 1 aliphatic heterocycles. The Morgan fingerprint density at radius 1 is 1.45 bits per heavy atom. The maximum absolute atomic E-state index is 11.7. The molecular formula is C10H17N2Na2O7P. The van der Waals surface area contributed by atoms with E-state index in [4.69, 9.17) is 19.3 Å². The largest absolute Gasteiger partial charge is 1.00 e. The molecule has 1 aromatic heterocycles. The number of ether oxygens (including phenoxy) is 2. The van der Waals surface area contributed by atoms with Gasteiger partial charge in [-0.1, -0.05) is 0 Å². The Morgan fingerprint density at radius 2 is 2.09 bits per heavy atom. The van der Waals surface area contributed by atoms with Crippen molar-refractivity contribution in [1.82, 2.24) is 9.55 Å². The van der Waals surface area contributed by atoms with E-state index in [-0.39, 0.29) is 62.0 Å². The third kappa shape index (κ3) is 6.33. The molecule has 0 spiro atoms. The van der Waals surface area contributed by atoms with Gasteiger partial charge in [0.05, 0.1) is 0 Å². The molecule has 9 nitrogen and oxygen atoms in total. The van der Waals surface area contributed by atoms with Crippen LogP contribution in [-0.4, -0.2) is 32.0 Å². The minimum atomic E-state index is -4.25. The van der Waals surface area contributed by atoms with E-state index in [1.807, 2.05) is 0 Å². The number of nitrogens with one attached hydrogen (secondary N) is 1. The van der Waals surface area contributed by atoms with E-state index in [0.717, 1.165) is 0 Å². The van der Waals surface area contributed by atoms with Crippen LogP contribution < -0.4 is 70.4 Å². The molecule has 2 heterocycles. The molecule has 116 valence electrons. The topological polar surface area (TPSA) is 131 Å². The van der Waals surface area contributed by atoms with Crippen LogP contribution in [0.4, 0.5) is 0 Å². The third-order valence-electron chi connectivity index (χ3n) is 2.84. The summed E-state index contributed by atoms with van der Waals surface area (Å²) in [6.45, 7) is 1.56. The number of H-pyrrole nitrogens is 1. The zero-order valence-corrected chi connectivity index (χ0v) is 17.6. The Hall–Kier alpha value is 0.750. The number of aryl methyl sites for hydroxylation is 1. The Labute approximate surface area is 173 Å². The molecule has 2 atom stereocenters. The van der Waals surface area contributed by atoms with Gasteiger partial charge in [0.1, 0.15) is 6.23 Å². The fourth-order valence-electron chi connectivity index (χ4n) is 1.90. The predicted molar refractivity (Wildman–Crippen MR) is 69.4 cm³/mol. The van der Waals surface area contributed by atoms with Crippen molar-refractivity contribution in [3.8, 4) is 0 Å². The normalized spacial score (nSPS) is 21.0. The van der Waals surface area contributed by atoms with Gasteiger partial charge in [0, 0.05) is 18.2 Å². The number of rotatable bonds is 4. The molecule has 0 aliphatic carbocycles. The first kappa shape index (κ1) is 22.8. The van der Waals surface area contributed by atoms with Crippen molar-refractivity contribution in [2.75, 3.05) is 6.35 Å². The summed E-state index contributed by atoms with van der Waals surface area (Å²) in [5, 5.41) is 0. The van der Waals surface area contributed by atoms with Crippen molar-refractivity contribution < 1.29 is 85.8 Å². The van der Waals surface area contributed by atoms with Crippen molar-refractivity contribution in [3.05, 3.63) is 32.6 Å². The summed E-state index contributed by atoms with van der Waals surface area (Å²) in [5.41, 5.74) is -0.687. The smallest absolute Gasteiger partial charge is 1.00 e. The van der Waals surface area contributed by atoms with Crippen LogP contribution in [0.3, 0.4) is 0 Å². The fourth-order valence-corrected chi connectivity index (χ4v) is 2.26. The van der Waals surface area contributed by atoms with Crippen LogP contribution >= 0.6 is 7.60 Å². The summed E-state index contributed by atoms with van der Waals surface area (Å²) in [6.07, 6.45) is 0.0831. The van der Waals surface area contributed by atoms with Crippen LogP contribution in [0, 0.1) is 6.92 Å². The molecule has 12 heteroatoms. The molecular weight excluding hydrogens is 337 g/mol. The van der Waals surface area contributed by atoms with Gasteiger partial charge in [0.2, 0.25) is 0 Å². The maximum Gasteiger partial charge on any atom is 1.00 e. The van der Waals surface area contributed by atoms with Crippen molar-refractivity contribution in [2.24, 2.45) is 0 Å². The van der Waals surface area contributed by atoms with Gasteiger partial charge in [0.15, 0.2) is 12.6 Å². The zero-order valence-electron chi connectivity index (χ0n) is 14.7. The van der Waals surface area contributed by atoms with E-state index in [9.17, 15) is 14.2 Å².